The highest BCUT2D eigenvalue weighted by Gasteiger charge is 2.12. The number of carbonyl (C=O) groups is 2. The van der Waals surface area contributed by atoms with Crippen molar-refractivity contribution in [3.8, 4) is 0 Å². The van der Waals surface area contributed by atoms with E-state index in [1.807, 2.05) is 26.0 Å². The van der Waals surface area contributed by atoms with E-state index < -0.39 is 10.0 Å². The number of carbonyl (C=O) groups excluding carboxylic acids is 2. The van der Waals surface area contributed by atoms with Crippen LogP contribution in [0.2, 0.25) is 0 Å². The number of nitrogens with one attached hydrogen (secondary N) is 2. The zero-order valence-electron chi connectivity index (χ0n) is 16.7. The highest BCUT2D eigenvalue weighted by Crippen LogP contribution is 2.15. The molecule has 0 spiro atoms. The molecule has 1 amide bonds. The predicted octanol–water partition coefficient (Wildman–Crippen LogP) is 3.51. The van der Waals surface area contributed by atoms with Gasteiger partial charge in [0.2, 0.25) is 15.9 Å². The molecule has 0 bridgehead atoms. The van der Waals surface area contributed by atoms with E-state index in [4.69, 9.17) is 0 Å². The van der Waals surface area contributed by atoms with Gasteiger partial charge in [-0.2, -0.15) is 0 Å². The van der Waals surface area contributed by atoms with E-state index in [0.29, 0.717) is 16.8 Å². The summed E-state index contributed by atoms with van der Waals surface area (Å²) in [6, 6.07) is 12.1. The zero-order chi connectivity index (χ0) is 21.4. The van der Waals surface area contributed by atoms with Gasteiger partial charge in [-0.05, 0) is 48.7 Å². The van der Waals surface area contributed by atoms with Crippen molar-refractivity contribution in [2.75, 3.05) is 11.9 Å². The van der Waals surface area contributed by atoms with Crippen LogP contribution in [0.25, 0.3) is 0 Å². The second-order valence-corrected chi connectivity index (χ2v) is 8.67. The van der Waals surface area contributed by atoms with Crippen molar-refractivity contribution in [2.24, 2.45) is 0 Å². The van der Waals surface area contributed by atoms with E-state index in [9.17, 15) is 18.0 Å². The molecule has 2 rings (SSSR count). The van der Waals surface area contributed by atoms with Crippen LogP contribution in [0.4, 0.5) is 5.69 Å². The summed E-state index contributed by atoms with van der Waals surface area (Å²) in [7, 11) is -3.43. The van der Waals surface area contributed by atoms with Gasteiger partial charge in [0.15, 0.2) is 5.78 Å². The highest BCUT2D eigenvalue weighted by atomic mass is 32.2. The molecule has 2 aromatic rings. The topological polar surface area (TPSA) is 92.3 Å². The van der Waals surface area contributed by atoms with E-state index in [2.05, 4.69) is 16.6 Å². The number of Topliss-reactive ketones (excluding diaryl/α,β-unsaturated/α-hetero) is 1. The van der Waals surface area contributed by atoms with Crippen LogP contribution >= 0.6 is 0 Å². The van der Waals surface area contributed by atoms with Crippen LogP contribution in [0.5, 0.6) is 0 Å². The van der Waals surface area contributed by atoms with Crippen molar-refractivity contribution in [3.63, 3.8) is 0 Å². The molecule has 0 saturated heterocycles. The lowest BCUT2D eigenvalue weighted by Crippen LogP contribution is -2.25. The minimum absolute atomic E-state index is 0.0733. The Kier molecular flexibility index (Phi) is 7.87. The van der Waals surface area contributed by atoms with Gasteiger partial charge in [-0.3, -0.25) is 9.59 Å². The van der Waals surface area contributed by atoms with Crippen molar-refractivity contribution in [1.82, 2.24) is 4.72 Å². The monoisotopic (exact) mass is 414 g/mol. The molecule has 0 radical (unpaired) electrons. The van der Waals surface area contributed by atoms with Gasteiger partial charge in [0.05, 0.1) is 5.75 Å². The molecule has 0 aromatic heterocycles. The van der Waals surface area contributed by atoms with Crippen LogP contribution in [0.1, 0.15) is 39.9 Å². The number of rotatable bonds is 10. The van der Waals surface area contributed by atoms with E-state index in [0.717, 1.165) is 11.1 Å². The van der Waals surface area contributed by atoms with Crippen molar-refractivity contribution >= 4 is 27.4 Å². The summed E-state index contributed by atoms with van der Waals surface area (Å²) in [5.41, 5.74) is 3.92. The smallest absolute Gasteiger partial charge is 0.224 e. The minimum Gasteiger partial charge on any atom is -0.326 e. The van der Waals surface area contributed by atoms with Crippen LogP contribution in [-0.2, 0) is 20.6 Å². The summed E-state index contributed by atoms with van der Waals surface area (Å²) in [6.07, 6.45) is 1.67. The maximum absolute atomic E-state index is 12.3. The van der Waals surface area contributed by atoms with Gasteiger partial charge in [-0.1, -0.05) is 30.3 Å². The predicted molar refractivity (Wildman–Crippen MR) is 115 cm³/mol. The normalized spacial score (nSPS) is 11.1. The average molecular weight is 415 g/mol. The van der Waals surface area contributed by atoms with Crippen molar-refractivity contribution < 1.29 is 18.0 Å². The molecule has 2 aromatic carbocycles. The van der Waals surface area contributed by atoms with Gasteiger partial charge in [-0.25, -0.2) is 13.1 Å². The van der Waals surface area contributed by atoms with Gasteiger partial charge in [0.25, 0.3) is 0 Å². The third-order valence-corrected chi connectivity index (χ3v) is 5.77. The zero-order valence-corrected chi connectivity index (χ0v) is 17.5. The van der Waals surface area contributed by atoms with Crippen LogP contribution in [-0.4, -0.2) is 26.7 Å². The van der Waals surface area contributed by atoms with Crippen LogP contribution < -0.4 is 10.0 Å². The van der Waals surface area contributed by atoms with Gasteiger partial charge in [0.1, 0.15) is 0 Å². The lowest BCUT2D eigenvalue weighted by molar-refractivity contribution is -0.116. The first-order chi connectivity index (χ1) is 13.7. The van der Waals surface area contributed by atoms with Crippen LogP contribution in [0, 0.1) is 13.8 Å². The largest absolute Gasteiger partial charge is 0.326 e. The minimum atomic E-state index is -3.43. The molecule has 7 heteroatoms. The Morgan fingerprint density at radius 3 is 2.31 bits per heavy atom. The number of sulfonamides is 1. The SMILES string of the molecule is C=CCNS(=O)(=O)Cc1ccc(NC(=O)CCC(=O)c2ccc(C)c(C)c2)cc1. The van der Waals surface area contributed by atoms with Gasteiger partial charge < -0.3 is 5.32 Å². The fourth-order valence-electron chi connectivity index (χ4n) is 2.65. The molecule has 0 heterocycles. The molecular formula is C22H26N2O4S. The highest BCUT2D eigenvalue weighted by molar-refractivity contribution is 7.88. The number of hydrogen-bond acceptors (Lipinski definition) is 4. The molecule has 6 nitrogen and oxygen atoms in total. The molecule has 0 saturated carbocycles. The Balaban J connectivity index is 1.86. The molecule has 29 heavy (non-hydrogen) atoms. The Morgan fingerprint density at radius 2 is 1.69 bits per heavy atom. The van der Waals surface area contributed by atoms with Crippen molar-refractivity contribution in [1.29, 1.82) is 0 Å². The van der Waals surface area contributed by atoms with Crippen LogP contribution in [0.3, 0.4) is 0 Å². The standard InChI is InChI=1S/C22H26N2O4S/c1-4-13-23-29(27,28)15-18-6-9-20(10-7-18)24-22(26)12-11-21(25)19-8-5-16(2)17(3)14-19/h4-10,14,23H,1,11-13,15H2,2-3H3,(H,24,26). The number of anilines is 1. The number of aryl methyl sites for hydroxylation is 2. The number of amides is 1. The maximum Gasteiger partial charge on any atom is 0.224 e. The van der Waals surface area contributed by atoms with Gasteiger partial charge in [0, 0.05) is 30.6 Å². The lowest BCUT2D eigenvalue weighted by atomic mass is 10.0. The summed E-state index contributed by atoms with van der Waals surface area (Å²) < 4.78 is 26.1. The third-order valence-electron chi connectivity index (χ3n) is 4.45. The molecule has 0 unspecified atom stereocenters. The Labute approximate surface area is 172 Å². The third kappa shape index (κ3) is 7.29. The quantitative estimate of drug-likeness (QED) is 0.460. The summed E-state index contributed by atoms with van der Waals surface area (Å²) in [5, 5.41) is 2.72. The first-order valence-corrected chi connectivity index (χ1v) is 10.9. The average Bonchev–Trinajstić information content (AvgIpc) is 2.68. The van der Waals surface area contributed by atoms with Crippen LogP contribution in [0.15, 0.2) is 55.1 Å². The van der Waals surface area contributed by atoms with E-state index in [1.165, 1.54) is 6.08 Å². The van der Waals surface area contributed by atoms with Gasteiger partial charge >= 0.3 is 0 Å². The maximum atomic E-state index is 12.3. The first-order valence-electron chi connectivity index (χ1n) is 9.27. The van der Waals surface area contributed by atoms with E-state index in [1.54, 1.807) is 30.3 Å². The fraction of sp³-hybridized carbons (Fsp3) is 0.273. The molecular weight excluding hydrogens is 388 g/mol. The van der Waals surface area contributed by atoms with E-state index in [-0.39, 0.29) is 36.8 Å². The molecule has 0 atom stereocenters. The number of ketones is 1. The Morgan fingerprint density at radius 1 is 1.00 bits per heavy atom. The molecule has 0 aliphatic rings. The van der Waals surface area contributed by atoms with Crippen molar-refractivity contribution in [3.05, 3.63) is 77.4 Å². The number of hydrogen-bond donors (Lipinski definition) is 2. The molecule has 154 valence electrons. The second kappa shape index (κ2) is 10.1. The molecule has 0 aliphatic carbocycles. The summed E-state index contributed by atoms with van der Waals surface area (Å²) in [4.78, 5) is 24.4. The Bertz CT molecular complexity index is 996. The van der Waals surface area contributed by atoms with E-state index >= 15 is 0 Å². The summed E-state index contributed by atoms with van der Waals surface area (Å²) in [6.45, 7) is 7.58. The molecule has 0 fully saturated rings. The Hall–Kier alpha value is -2.77. The fourth-order valence-corrected chi connectivity index (χ4v) is 3.76. The molecule has 0 aliphatic heterocycles. The van der Waals surface area contributed by atoms with Crippen molar-refractivity contribution in [2.45, 2.75) is 32.4 Å². The van der Waals surface area contributed by atoms with Gasteiger partial charge in [-0.15, -0.1) is 6.58 Å². The lowest BCUT2D eigenvalue weighted by Gasteiger charge is -2.08. The first kappa shape index (κ1) is 22.5. The summed E-state index contributed by atoms with van der Waals surface area (Å²) >= 11 is 0. The summed E-state index contributed by atoms with van der Waals surface area (Å²) in [5.74, 6) is -0.495. The molecule has 2 N–H and O–H groups in total. The second-order valence-electron chi connectivity index (χ2n) is 6.86. The number of benzene rings is 2.